The molecule has 2 nitrogen and oxygen atoms in total. The van der Waals surface area contributed by atoms with Gasteiger partial charge in [-0.05, 0) is 28.9 Å². The van der Waals surface area contributed by atoms with E-state index in [4.69, 9.17) is 4.74 Å². The number of ether oxygens (including phenoxy) is 1. The van der Waals surface area contributed by atoms with Gasteiger partial charge in [0.15, 0.2) is 0 Å². The molecule has 1 aromatic heterocycles. The van der Waals surface area contributed by atoms with Crippen LogP contribution in [-0.2, 0) is 0 Å². The fraction of sp³-hybridized carbons (Fsp3) is 0.143. The van der Waals surface area contributed by atoms with Gasteiger partial charge in [-0.2, -0.15) is 0 Å². The van der Waals surface area contributed by atoms with E-state index in [0.717, 1.165) is 4.60 Å². The molecular weight excluding hydrogens is 194 g/mol. The van der Waals surface area contributed by atoms with Crippen LogP contribution in [0.15, 0.2) is 22.8 Å². The minimum absolute atomic E-state index is 0.406. The number of hydrogen-bond acceptors (Lipinski definition) is 2. The normalized spacial score (nSPS) is 9.40. The highest BCUT2D eigenvalue weighted by molar-refractivity contribution is 9.10. The summed E-state index contributed by atoms with van der Waals surface area (Å²) in [5.74, 6) is 0.601. The fourth-order valence-corrected chi connectivity index (χ4v) is 0.902. The molecule has 0 atom stereocenters. The summed E-state index contributed by atoms with van der Waals surface area (Å²) in [6, 6.07) is 5.49. The molecule has 1 rings (SSSR count). The third-order valence-electron chi connectivity index (χ3n) is 0.940. The predicted octanol–water partition coefficient (Wildman–Crippen LogP) is 2.06. The lowest BCUT2D eigenvalue weighted by molar-refractivity contribution is 0.346. The molecule has 0 fully saturated rings. The molecule has 3 heteroatoms. The molecule has 0 aliphatic carbocycles. The van der Waals surface area contributed by atoms with Crippen LogP contribution in [-0.4, -0.2) is 11.6 Å². The average molecular weight is 201 g/mol. The zero-order valence-corrected chi connectivity index (χ0v) is 6.97. The molecule has 0 aliphatic rings. The highest BCUT2D eigenvalue weighted by atomic mass is 79.9. The van der Waals surface area contributed by atoms with Crippen molar-refractivity contribution in [2.24, 2.45) is 0 Å². The molecule has 0 saturated carbocycles. The highest BCUT2D eigenvalue weighted by Gasteiger charge is 1.91. The van der Waals surface area contributed by atoms with Gasteiger partial charge < -0.3 is 4.74 Å². The number of nitrogens with zero attached hydrogens (tertiary/aromatic N) is 1. The van der Waals surface area contributed by atoms with Gasteiger partial charge in [0, 0.05) is 6.07 Å². The Morgan fingerprint density at radius 3 is 3.00 bits per heavy atom. The summed E-state index contributed by atoms with van der Waals surface area (Å²) in [4.78, 5) is 4.02. The summed E-state index contributed by atoms with van der Waals surface area (Å²) in [7, 11) is 0. The van der Waals surface area contributed by atoms with Gasteiger partial charge in [-0.1, -0.05) is 6.07 Å². The van der Waals surface area contributed by atoms with Gasteiger partial charge in [-0.25, -0.2) is 4.98 Å². The molecule has 0 aliphatic heterocycles. The summed E-state index contributed by atoms with van der Waals surface area (Å²) < 4.78 is 5.81. The van der Waals surface area contributed by atoms with E-state index in [1.165, 1.54) is 0 Å². The first-order valence-corrected chi connectivity index (χ1v) is 3.67. The van der Waals surface area contributed by atoms with E-state index >= 15 is 0 Å². The monoisotopic (exact) mass is 200 g/mol. The third kappa shape index (κ3) is 1.99. The van der Waals surface area contributed by atoms with Gasteiger partial charge in [0.2, 0.25) is 5.88 Å². The van der Waals surface area contributed by atoms with Gasteiger partial charge in [-0.15, -0.1) is 0 Å². The second-order valence-electron chi connectivity index (χ2n) is 1.65. The van der Waals surface area contributed by atoms with Crippen LogP contribution < -0.4 is 4.74 Å². The lowest BCUT2D eigenvalue weighted by Crippen LogP contribution is -1.93. The van der Waals surface area contributed by atoms with Crippen molar-refractivity contribution in [3.05, 3.63) is 29.7 Å². The van der Waals surface area contributed by atoms with Crippen molar-refractivity contribution < 1.29 is 4.74 Å². The van der Waals surface area contributed by atoms with Crippen LogP contribution in [0.2, 0.25) is 0 Å². The largest absolute Gasteiger partial charge is 0.478 e. The Labute approximate surface area is 68.4 Å². The quantitative estimate of drug-likeness (QED) is 0.683. The minimum Gasteiger partial charge on any atom is -0.478 e. The SMILES string of the molecule is [CH2]COc1cccc(Br)n1. The van der Waals surface area contributed by atoms with Crippen LogP contribution in [0.1, 0.15) is 0 Å². The minimum atomic E-state index is 0.406. The molecule has 0 spiro atoms. The van der Waals surface area contributed by atoms with Crippen LogP contribution in [0, 0.1) is 6.92 Å². The molecular formula is C7H7BrNO. The Morgan fingerprint density at radius 2 is 2.40 bits per heavy atom. The lowest BCUT2D eigenvalue weighted by Gasteiger charge is -1.99. The van der Waals surface area contributed by atoms with Gasteiger partial charge in [0.05, 0.1) is 6.61 Å². The van der Waals surface area contributed by atoms with E-state index in [1.54, 1.807) is 6.07 Å². The summed E-state index contributed by atoms with van der Waals surface area (Å²) in [5.41, 5.74) is 0. The maximum absolute atomic E-state index is 5.03. The number of hydrogen-bond donors (Lipinski definition) is 0. The molecule has 0 aromatic carbocycles. The molecule has 0 amide bonds. The first kappa shape index (κ1) is 7.54. The molecule has 0 unspecified atom stereocenters. The average Bonchev–Trinajstić information content (AvgIpc) is 1.88. The van der Waals surface area contributed by atoms with Crippen LogP contribution in [0.3, 0.4) is 0 Å². The Balaban J connectivity index is 2.75. The van der Waals surface area contributed by atoms with Crippen LogP contribution in [0.25, 0.3) is 0 Å². The van der Waals surface area contributed by atoms with Gasteiger partial charge >= 0.3 is 0 Å². The zero-order valence-electron chi connectivity index (χ0n) is 5.38. The van der Waals surface area contributed by atoms with E-state index < -0.39 is 0 Å². The van der Waals surface area contributed by atoms with Crippen molar-refractivity contribution in [1.82, 2.24) is 4.98 Å². The number of halogens is 1. The number of aromatic nitrogens is 1. The fourth-order valence-electron chi connectivity index (χ4n) is 0.575. The van der Waals surface area contributed by atoms with Crippen molar-refractivity contribution >= 4 is 15.9 Å². The maximum atomic E-state index is 5.03. The molecule has 1 aromatic rings. The van der Waals surface area contributed by atoms with Crippen molar-refractivity contribution in [3.8, 4) is 5.88 Å². The molecule has 1 radical (unpaired) electrons. The number of rotatable bonds is 2. The zero-order chi connectivity index (χ0) is 7.40. The Morgan fingerprint density at radius 1 is 1.60 bits per heavy atom. The molecule has 10 heavy (non-hydrogen) atoms. The van der Waals surface area contributed by atoms with Gasteiger partial charge in [-0.3, -0.25) is 0 Å². The third-order valence-corrected chi connectivity index (χ3v) is 1.38. The number of pyridine rings is 1. The molecule has 53 valence electrons. The van der Waals surface area contributed by atoms with Gasteiger partial charge in [0.25, 0.3) is 0 Å². The molecule has 0 saturated heterocycles. The van der Waals surface area contributed by atoms with E-state index in [2.05, 4.69) is 27.8 Å². The predicted molar refractivity (Wildman–Crippen MR) is 42.8 cm³/mol. The first-order valence-electron chi connectivity index (χ1n) is 2.87. The maximum Gasteiger partial charge on any atom is 0.214 e. The standard InChI is InChI=1S/C7H7BrNO/c1-2-10-7-5-3-4-6(8)9-7/h3-5H,1-2H2. The van der Waals surface area contributed by atoms with Crippen LogP contribution in [0.5, 0.6) is 5.88 Å². The van der Waals surface area contributed by atoms with E-state index in [1.807, 2.05) is 12.1 Å². The Bertz CT molecular complexity index is 215. The second-order valence-corrected chi connectivity index (χ2v) is 2.46. The van der Waals surface area contributed by atoms with E-state index in [0.29, 0.717) is 12.5 Å². The lowest BCUT2D eigenvalue weighted by atomic mass is 10.5. The van der Waals surface area contributed by atoms with Crippen molar-refractivity contribution in [1.29, 1.82) is 0 Å². The Hall–Kier alpha value is -0.570. The van der Waals surface area contributed by atoms with Crippen LogP contribution >= 0.6 is 15.9 Å². The molecule has 0 bridgehead atoms. The summed E-state index contributed by atoms with van der Waals surface area (Å²) in [5, 5.41) is 0. The van der Waals surface area contributed by atoms with Crippen LogP contribution in [0.4, 0.5) is 0 Å². The molecule has 0 N–H and O–H groups in total. The van der Waals surface area contributed by atoms with Crippen molar-refractivity contribution in [2.75, 3.05) is 6.61 Å². The van der Waals surface area contributed by atoms with Crippen molar-refractivity contribution in [3.63, 3.8) is 0 Å². The smallest absolute Gasteiger partial charge is 0.214 e. The first-order chi connectivity index (χ1) is 4.83. The second kappa shape index (κ2) is 3.56. The topological polar surface area (TPSA) is 22.1 Å². The van der Waals surface area contributed by atoms with Crippen molar-refractivity contribution in [2.45, 2.75) is 0 Å². The highest BCUT2D eigenvalue weighted by Crippen LogP contribution is 2.11. The van der Waals surface area contributed by atoms with E-state index in [9.17, 15) is 0 Å². The van der Waals surface area contributed by atoms with E-state index in [-0.39, 0.29) is 0 Å². The summed E-state index contributed by atoms with van der Waals surface area (Å²) in [6.45, 7) is 3.94. The van der Waals surface area contributed by atoms with Gasteiger partial charge in [0.1, 0.15) is 4.60 Å². The summed E-state index contributed by atoms with van der Waals surface area (Å²) >= 11 is 3.22. The molecule has 1 heterocycles. The Kier molecular flexibility index (Phi) is 2.68. The summed E-state index contributed by atoms with van der Waals surface area (Å²) in [6.07, 6.45) is 0.